The predicted molar refractivity (Wildman–Crippen MR) is 80.9 cm³/mol. The molecule has 2 aromatic heterocycles. The van der Waals surface area contributed by atoms with Crippen molar-refractivity contribution in [2.75, 3.05) is 11.4 Å². The van der Waals surface area contributed by atoms with Gasteiger partial charge in [-0.15, -0.1) is 0 Å². The number of nitrogens with zero attached hydrogens (tertiary/aromatic N) is 4. The molecule has 0 saturated heterocycles. The summed E-state index contributed by atoms with van der Waals surface area (Å²) in [6.45, 7) is 6.02. The van der Waals surface area contributed by atoms with Crippen LogP contribution in [0.2, 0.25) is 0 Å². The molecule has 102 valence electrons. The average Bonchev–Trinajstić information content (AvgIpc) is 2.87. The Labute approximate surface area is 118 Å². The van der Waals surface area contributed by atoms with Gasteiger partial charge in [-0.1, -0.05) is 12.1 Å². The lowest BCUT2D eigenvalue weighted by atomic mass is 10.2. The number of rotatable bonds is 4. The van der Waals surface area contributed by atoms with Gasteiger partial charge in [0.1, 0.15) is 0 Å². The molecule has 0 atom stereocenters. The Morgan fingerprint density at radius 1 is 1.25 bits per heavy atom. The molecule has 0 amide bonds. The van der Waals surface area contributed by atoms with Crippen molar-refractivity contribution < 1.29 is 0 Å². The monoisotopic (exact) mass is 266 g/mol. The van der Waals surface area contributed by atoms with Gasteiger partial charge in [-0.05, 0) is 37.6 Å². The highest BCUT2D eigenvalue weighted by Gasteiger charge is 2.08. The Hall–Kier alpha value is -2.36. The van der Waals surface area contributed by atoms with Gasteiger partial charge in [-0.2, -0.15) is 0 Å². The van der Waals surface area contributed by atoms with E-state index >= 15 is 0 Å². The lowest BCUT2D eigenvalue weighted by Gasteiger charge is -2.22. The molecule has 2 heterocycles. The number of hydrogen-bond acceptors (Lipinski definition) is 3. The molecule has 20 heavy (non-hydrogen) atoms. The molecular formula is C16H18N4. The molecule has 3 rings (SSSR count). The highest BCUT2D eigenvalue weighted by atomic mass is 15.2. The maximum absolute atomic E-state index is 4.56. The van der Waals surface area contributed by atoms with Crippen LogP contribution in [-0.4, -0.2) is 20.9 Å². The van der Waals surface area contributed by atoms with Crippen LogP contribution in [0.3, 0.4) is 0 Å². The lowest BCUT2D eigenvalue weighted by Crippen LogP contribution is -2.22. The summed E-state index contributed by atoms with van der Waals surface area (Å²) in [6.07, 6.45) is 5.78. The summed E-state index contributed by atoms with van der Waals surface area (Å²) >= 11 is 0. The van der Waals surface area contributed by atoms with E-state index < -0.39 is 0 Å². The summed E-state index contributed by atoms with van der Waals surface area (Å²) in [5.41, 5.74) is 3.54. The molecule has 0 aliphatic heterocycles. The van der Waals surface area contributed by atoms with Gasteiger partial charge in [-0.3, -0.25) is 4.40 Å². The molecule has 0 spiro atoms. The van der Waals surface area contributed by atoms with Crippen LogP contribution in [0.15, 0.2) is 48.9 Å². The van der Waals surface area contributed by atoms with Crippen molar-refractivity contribution >= 4 is 11.5 Å². The van der Waals surface area contributed by atoms with Crippen LogP contribution in [0.5, 0.6) is 0 Å². The van der Waals surface area contributed by atoms with Crippen LogP contribution in [0, 0.1) is 6.92 Å². The van der Waals surface area contributed by atoms with Gasteiger partial charge in [0.2, 0.25) is 5.78 Å². The number of aromatic nitrogens is 3. The number of imidazole rings is 1. The van der Waals surface area contributed by atoms with Crippen molar-refractivity contribution in [2.24, 2.45) is 0 Å². The minimum atomic E-state index is 0.753. The van der Waals surface area contributed by atoms with Gasteiger partial charge >= 0.3 is 0 Å². The smallest absolute Gasteiger partial charge is 0.233 e. The SMILES string of the molecule is CCN(Cc1cn2cccnc2n1)c1cccc(C)c1. The van der Waals surface area contributed by atoms with E-state index in [0.29, 0.717) is 0 Å². The van der Waals surface area contributed by atoms with Crippen LogP contribution in [-0.2, 0) is 6.54 Å². The van der Waals surface area contributed by atoms with E-state index in [0.717, 1.165) is 24.6 Å². The molecule has 0 fully saturated rings. The van der Waals surface area contributed by atoms with E-state index in [1.54, 1.807) is 6.20 Å². The molecule has 3 aromatic rings. The van der Waals surface area contributed by atoms with E-state index in [9.17, 15) is 0 Å². The third-order valence-corrected chi connectivity index (χ3v) is 3.39. The van der Waals surface area contributed by atoms with Gasteiger partial charge in [0.15, 0.2) is 0 Å². The molecule has 0 radical (unpaired) electrons. The molecule has 0 aliphatic carbocycles. The van der Waals surface area contributed by atoms with E-state index in [2.05, 4.69) is 53.0 Å². The Morgan fingerprint density at radius 2 is 2.15 bits per heavy atom. The molecule has 4 heteroatoms. The quantitative estimate of drug-likeness (QED) is 0.727. The second kappa shape index (κ2) is 5.33. The first-order chi connectivity index (χ1) is 9.76. The Balaban J connectivity index is 1.87. The maximum atomic E-state index is 4.56. The molecule has 4 nitrogen and oxygen atoms in total. The van der Waals surface area contributed by atoms with Gasteiger partial charge in [-0.25, -0.2) is 9.97 Å². The molecule has 0 aliphatic rings. The van der Waals surface area contributed by atoms with Crippen molar-refractivity contribution in [3.63, 3.8) is 0 Å². The third-order valence-electron chi connectivity index (χ3n) is 3.39. The number of hydrogen-bond donors (Lipinski definition) is 0. The van der Waals surface area contributed by atoms with Gasteiger partial charge in [0.25, 0.3) is 0 Å². The molecule has 0 bridgehead atoms. The number of aryl methyl sites for hydroxylation is 1. The van der Waals surface area contributed by atoms with Crippen molar-refractivity contribution in [3.8, 4) is 0 Å². The molecule has 1 aromatic carbocycles. The fraction of sp³-hybridized carbons (Fsp3) is 0.250. The van der Waals surface area contributed by atoms with E-state index in [-0.39, 0.29) is 0 Å². The molecule has 0 saturated carbocycles. The second-order valence-electron chi connectivity index (χ2n) is 4.91. The summed E-state index contributed by atoms with van der Waals surface area (Å²) in [4.78, 5) is 11.1. The lowest BCUT2D eigenvalue weighted by molar-refractivity contribution is 0.815. The summed E-state index contributed by atoms with van der Waals surface area (Å²) in [7, 11) is 0. The predicted octanol–water partition coefficient (Wildman–Crippen LogP) is 3.06. The zero-order chi connectivity index (χ0) is 13.9. The summed E-state index contributed by atoms with van der Waals surface area (Å²) in [5, 5.41) is 0. The van der Waals surface area contributed by atoms with Crippen LogP contribution in [0.4, 0.5) is 5.69 Å². The summed E-state index contributed by atoms with van der Waals surface area (Å²) in [5.74, 6) is 0.753. The van der Waals surface area contributed by atoms with Gasteiger partial charge < -0.3 is 4.90 Å². The number of anilines is 1. The first kappa shape index (κ1) is 12.7. The first-order valence-corrected chi connectivity index (χ1v) is 6.86. The van der Waals surface area contributed by atoms with Crippen molar-refractivity contribution in [2.45, 2.75) is 20.4 Å². The Morgan fingerprint density at radius 3 is 2.90 bits per heavy atom. The first-order valence-electron chi connectivity index (χ1n) is 6.86. The third kappa shape index (κ3) is 2.50. The fourth-order valence-electron chi connectivity index (χ4n) is 2.36. The minimum Gasteiger partial charge on any atom is -0.366 e. The van der Waals surface area contributed by atoms with E-state index in [1.807, 2.05) is 22.9 Å². The average molecular weight is 266 g/mol. The number of benzene rings is 1. The zero-order valence-corrected chi connectivity index (χ0v) is 11.8. The standard InChI is InChI=1S/C16H18N4/c1-3-19(15-7-4-6-13(2)10-15)11-14-12-20-9-5-8-17-16(20)18-14/h4-10,12H,3,11H2,1-2H3. The minimum absolute atomic E-state index is 0.753. The Kier molecular flexibility index (Phi) is 3.37. The van der Waals surface area contributed by atoms with Crippen LogP contribution in [0.1, 0.15) is 18.2 Å². The van der Waals surface area contributed by atoms with Gasteiger partial charge in [0, 0.05) is 30.8 Å². The van der Waals surface area contributed by atoms with E-state index in [4.69, 9.17) is 0 Å². The van der Waals surface area contributed by atoms with Crippen LogP contribution >= 0.6 is 0 Å². The van der Waals surface area contributed by atoms with Crippen molar-refractivity contribution in [3.05, 3.63) is 60.2 Å². The van der Waals surface area contributed by atoms with Crippen LogP contribution < -0.4 is 4.90 Å². The highest BCUT2D eigenvalue weighted by molar-refractivity contribution is 5.48. The van der Waals surface area contributed by atoms with E-state index in [1.165, 1.54) is 11.3 Å². The van der Waals surface area contributed by atoms with Crippen LogP contribution in [0.25, 0.3) is 5.78 Å². The maximum Gasteiger partial charge on any atom is 0.233 e. The topological polar surface area (TPSA) is 33.4 Å². The molecule has 0 unspecified atom stereocenters. The summed E-state index contributed by atoms with van der Waals surface area (Å²) < 4.78 is 1.96. The molecule has 0 N–H and O–H groups in total. The van der Waals surface area contributed by atoms with Gasteiger partial charge in [0.05, 0.1) is 12.2 Å². The summed E-state index contributed by atoms with van der Waals surface area (Å²) in [6, 6.07) is 10.5. The van der Waals surface area contributed by atoms with Crippen molar-refractivity contribution in [1.82, 2.24) is 14.4 Å². The Bertz CT molecular complexity index is 684. The normalized spacial score (nSPS) is 10.9. The molecular weight excluding hydrogens is 248 g/mol. The second-order valence-corrected chi connectivity index (χ2v) is 4.91. The largest absolute Gasteiger partial charge is 0.366 e. The fourth-order valence-corrected chi connectivity index (χ4v) is 2.36. The highest BCUT2D eigenvalue weighted by Crippen LogP contribution is 2.18. The number of fused-ring (bicyclic) bond motifs is 1. The van der Waals surface area contributed by atoms with Crippen molar-refractivity contribution in [1.29, 1.82) is 0 Å². The zero-order valence-electron chi connectivity index (χ0n) is 11.8.